The summed E-state index contributed by atoms with van der Waals surface area (Å²) in [7, 11) is 0. The van der Waals surface area contributed by atoms with Crippen molar-refractivity contribution < 1.29 is 0 Å². The third-order valence-corrected chi connectivity index (χ3v) is 3.18. The van der Waals surface area contributed by atoms with Crippen LogP contribution in [0.4, 0.5) is 0 Å². The molecule has 0 aliphatic carbocycles. The molecule has 3 heteroatoms. The fourth-order valence-electron chi connectivity index (χ4n) is 2.10. The number of pyridine rings is 3. The van der Waals surface area contributed by atoms with Crippen molar-refractivity contribution in [3.63, 3.8) is 0 Å². The van der Waals surface area contributed by atoms with Gasteiger partial charge in [0.25, 0.3) is 0 Å². The van der Waals surface area contributed by atoms with Crippen molar-refractivity contribution in [3.05, 3.63) is 66.6 Å². The van der Waals surface area contributed by atoms with Crippen molar-refractivity contribution in [1.29, 1.82) is 0 Å². The van der Waals surface area contributed by atoms with Crippen LogP contribution in [0.25, 0.3) is 22.6 Å². The predicted octanol–water partition coefficient (Wildman–Crippen LogP) is 3.77. The zero-order valence-electron chi connectivity index (χ0n) is 11.3. The molecule has 0 radical (unpaired) electrons. The fraction of sp³-hybridized carbons (Fsp3) is 0.118. The molecule has 0 N–H and O–H groups in total. The summed E-state index contributed by atoms with van der Waals surface area (Å²) in [5.74, 6) is 0. The summed E-state index contributed by atoms with van der Waals surface area (Å²) in [6.45, 7) is 2.14. The molecule has 3 aromatic rings. The minimum atomic E-state index is 0.896. The SMILES string of the molecule is CCc1cc(-c2cccnc2)nc(-c2ccccn2)c1. The van der Waals surface area contributed by atoms with Gasteiger partial charge in [-0.25, -0.2) is 4.98 Å². The number of rotatable bonds is 3. The Balaban J connectivity index is 2.13. The van der Waals surface area contributed by atoms with Gasteiger partial charge in [0.15, 0.2) is 0 Å². The van der Waals surface area contributed by atoms with Crippen molar-refractivity contribution in [3.8, 4) is 22.6 Å². The van der Waals surface area contributed by atoms with Crippen LogP contribution in [0.1, 0.15) is 12.5 Å². The van der Waals surface area contributed by atoms with Crippen LogP contribution in [0.3, 0.4) is 0 Å². The summed E-state index contributed by atoms with van der Waals surface area (Å²) in [6, 6.07) is 14.0. The molecule has 3 heterocycles. The maximum atomic E-state index is 4.72. The average Bonchev–Trinajstić information content (AvgIpc) is 2.56. The van der Waals surface area contributed by atoms with E-state index in [0.29, 0.717) is 0 Å². The molecule has 0 amide bonds. The summed E-state index contributed by atoms with van der Waals surface area (Å²) >= 11 is 0. The number of aromatic nitrogens is 3. The Morgan fingerprint density at radius 3 is 2.50 bits per heavy atom. The van der Waals surface area contributed by atoms with Crippen LogP contribution in [0.15, 0.2) is 61.1 Å². The smallest absolute Gasteiger partial charge is 0.0896 e. The lowest BCUT2D eigenvalue weighted by molar-refractivity contribution is 1.11. The van der Waals surface area contributed by atoms with Gasteiger partial charge in [-0.1, -0.05) is 13.0 Å². The fourth-order valence-corrected chi connectivity index (χ4v) is 2.10. The topological polar surface area (TPSA) is 38.7 Å². The van der Waals surface area contributed by atoms with E-state index in [0.717, 1.165) is 29.1 Å². The molecule has 3 nitrogen and oxygen atoms in total. The Bertz CT molecular complexity index is 636. The third kappa shape index (κ3) is 2.57. The average molecular weight is 261 g/mol. The van der Waals surface area contributed by atoms with E-state index in [-0.39, 0.29) is 0 Å². The number of aryl methyl sites for hydroxylation is 1. The van der Waals surface area contributed by atoms with Gasteiger partial charge in [0.2, 0.25) is 0 Å². The van der Waals surface area contributed by atoms with E-state index in [1.165, 1.54) is 5.56 Å². The van der Waals surface area contributed by atoms with Crippen molar-refractivity contribution in [1.82, 2.24) is 15.0 Å². The van der Waals surface area contributed by atoms with Crippen molar-refractivity contribution >= 4 is 0 Å². The molecule has 0 spiro atoms. The summed E-state index contributed by atoms with van der Waals surface area (Å²) in [6.07, 6.45) is 6.37. The Morgan fingerprint density at radius 2 is 1.80 bits per heavy atom. The van der Waals surface area contributed by atoms with Gasteiger partial charge in [0.05, 0.1) is 17.1 Å². The molecule has 0 bridgehead atoms. The first-order valence-electron chi connectivity index (χ1n) is 6.69. The molecule has 0 saturated heterocycles. The second-order valence-corrected chi connectivity index (χ2v) is 4.56. The van der Waals surface area contributed by atoms with Crippen LogP contribution < -0.4 is 0 Å². The largest absolute Gasteiger partial charge is 0.264 e. The molecule has 0 fully saturated rings. The van der Waals surface area contributed by atoms with Crippen LogP contribution in [0.2, 0.25) is 0 Å². The van der Waals surface area contributed by atoms with Crippen LogP contribution in [0, 0.1) is 0 Å². The van der Waals surface area contributed by atoms with Gasteiger partial charge in [0.1, 0.15) is 0 Å². The summed E-state index contributed by atoms with van der Waals surface area (Å²) in [5, 5.41) is 0. The first-order valence-corrected chi connectivity index (χ1v) is 6.69. The molecule has 20 heavy (non-hydrogen) atoms. The molecule has 0 atom stereocenters. The lowest BCUT2D eigenvalue weighted by atomic mass is 10.1. The Kier molecular flexibility index (Phi) is 3.50. The molecule has 0 saturated carbocycles. The second kappa shape index (κ2) is 5.61. The first kappa shape index (κ1) is 12.5. The van der Waals surface area contributed by atoms with E-state index < -0.39 is 0 Å². The van der Waals surface area contributed by atoms with Gasteiger partial charge in [-0.2, -0.15) is 0 Å². The van der Waals surface area contributed by atoms with E-state index in [2.05, 4.69) is 29.0 Å². The minimum absolute atomic E-state index is 0.896. The van der Waals surface area contributed by atoms with E-state index in [9.17, 15) is 0 Å². The van der Waals surface area contributed by atoms with E-state index >= 15 is 0 Å². The summed E-state index contributed by atoms with van der Waals surface area (Å²) in [4.78, 5) is 13.3. The summed E-state index contributed by atoms with van der Waals surface area (Å²) in [5.41, 5.74) is 5.02. The van der Waals surface area contributed by atoms with Crippen LogP contribution in [-0.4, -0.2) is 15.0 Å². The molecule has 0 unspecified atom stereocenters. The van der Waals surface area contributed by atoms with Gasteiger partial charge in [0, 0.05) is 24.2 Å². The van der Waals surface area contributed by atoms with Crippen molar-refractivity contribution in [2.24, 2.45) is 0 Å². The molecule has 0 aliphatic rings. The van der Waals surface area contributed by atoms with Crippen molar-refractivity contribution in [2.75, 3.05) is 0 Å². The number of hydrogen-bond acceptors (Lipinski definition) is 3. The van der Waals surface area contributed by atoms with Crippen LogP contribution >= 0.6 is 0 Å². The molecule has 3 rings (SSSR count). The van der Waals surface area contributed by atoms with Gasteiger partial charge < -0.3 is 0 Å². The second-order valence-electron chi connectivity index (χ2n) is 4.56. The molecular weight excluding hydrogens is 246 g/mol. The van der Waals surface area contributed by atoms with Crippen LogP contribution in [0.5, 0.6) is 0 Å². The minimum Gasteiger partial charge on any atom is -0.264 e. The zero-order chi connectivity index (χ0) is 13.8. The maximum absolute atomic E-state index is 4.72. The lowest BCUT2D eigenvalue weighted by Crippen LogP contribution is -1.94. The van der Waals surface area contributed by atoms with E-state index in [1.807, 2.05) is 36.5 Å². The number of nitrogens with zero attached hydrogens (tertiary/aromatic N) is 3. The third-order valence-electron chi connectivity index (χ3n) is 3.18. The molecule has 98 valence electrons. The highest BCUT2D eigenvalue weighted by atomic mass is 14.8. The number of hydrogen-bond donors (Lipinski definition) is 0. The van der Waals surface area contributed by atoms with Crippen LogP contribution in [-0.2, 0) is 6.42 Å². The van der Waals surface area contributed by atoms with E-state index in [1.54, 1.807) is 12.4 Å². The van der Waals surface area contributed by atoms with Gasteiger partial charge in [-0.15, -0.1) is 0 Å². The van der Waals surface area contributed by atoms with Gasteiger partial charge in [-0.05, 0) is 48.4 Å². The lowest BCUT2D eigenvalue weighted by Gasteiger charge is -2.07. The van der Waals surface area contributed by atoms with E-state index in [4.69, 9.17) is 4.98 Å². The normalized spacial score (nSPS) is 10.4. The highest BCUT2D eigenvalue weighted by molar-refractivity contribution is 5.64. The molecule has 0 aliphatic heterocycles. The molecular formula is C17H15N3. The van der Waals surface area contributed by atoms with Crippen molar-refractivity contribution in [2.45, 2.75) is 13.3 Å². The Morgan fingerprint density at radius 1 is 0.900 bits per heavy atom. The standard InChI is InChI=1S/C17H15N3/c1-2-13-10-16(14-6-5-8-18-12-14)20-17(11-13)15-7-3-4-9-19-15/h3-12H,2H2,1H3. The Hall–Kier alpha value is -2.55. The Labute approximate surface area is 118 Å². The predicted molar refractivity (Wildman–Crippen MR) is 80.1 cm³/mol. The van der Waals surface area contributed by atoms with Gasteiger partial charge >= 0.3 is 0 Å². The quantitative estimate of drug-likeness (QED) is 0.720. The zero-order valence-corrected chi connectivity index (χ0v) is 11.3. The molecule has 3 aromatic heterocycles. The summed E-state index contributed by atoms with van der Waals surface area (Å²) < 4.78 is 0. The highest BCUT2D eigenvalue weighted by Crippen LogP contribution is 2.23. The highest BCUT2D eigenvalue weighted by Gasteiger charge is 2.07. The first-order chi connectivity index (χ1) is 9.86. The molecule has 0 aromatic carbocycles. The maximum Gasteiger partial charge on any atom is 0.0896 e. The van der Waals surface area contributed by atoms with Gasteiger partial charge in [-0.3, -0.25) is 9.97 Å². The monoisotopic (exact) mass is 261 g/mol.